The summed E-state index contributed by atoms with van der Waals surface area (Å²) in [5.74, 6) is -0.427. The van der Waals surface area contributed by atoms with Crippen molar-refractivity contribution >= 4 is 17.7 Å². The minimum atomic E-state index is -0.664. The second kappa shape index (κ2) is 8.91. The first-order valence-corrected chi connectivity index (χ1v) is 8.45. The summed E-state index contributed by atoms with van der Waals surface area (Å²) in [4.78, 5) is 13.4. The largest absolute Gasteiger partial charge is 0.489 e. The first-order valence-electron chi connectivity index (χ1n) is 8.07. The van der Waals surface area contributed by atoms with Crippen LogP contribution < -0.4 is 4.74 Å². The molecule has 1 unspecified atom stereocenters. The van der Waals surface area contributed by atoms with Crippen LogP contribution in [0.15, 0.2) is 12.1 Å². The Balaban J connectivity index is 2.71. The van der Waals surface area contributed by atoms with E-state index in [-0.39, 0.29) is 22.4 Å². The van der Waals surface area contributed by atoms with E-state index in [9.17, 15) is 9.18 Å². The summed E-state index contributed by atoms with van der Waals surface area (Å²) in [5, 5.41) is 9.01. The van der Waals surface area contributed by atoms with Gasteiger partial charge in [-0.1, -0.05) is 18.5 Å². The molecule has 0 fully saturated rings. The molecule has 1 aromatic carbocycles. The normalized spacial score (nSPS) is 12.2. The van der Waals surface area contributed by atoms with Crippen LogP contribution in [0.3, 0.4) is 0 Å². The molecule has 0 aliphatic heterocycles. The zero-order valence-corrected chi connectivity index (χ0v) is 16.0. The van der Waals surface area contributed by atoms with Crippen LogP contribution in [0.25, 0.3) is 0 Å². The Bertz CT molecular complexity index is 653. The number of nitrogens with zero attached hydrogens (tertiary/aromatic N) is 2. The molecule has 0 heterocycles. The number of carbonyl (C=O) groups is 1. The van der Waals surface area contributed by atoms with Crippen LogP contribution in [0.5, 0.6) is 5.75 Å². The Kier molecular flexibility index (Phi) is 7.50. The van der Waals surface area contributed by atoms with Crippen molar-refractivity contribution in [1.82, 2.24) is 4.90 Å². The summed E-state index contributed by atoms with van der Waals surface area (Å²) in [7, 11) is 1.65. The van der Waals surface area contributed by atoms with Crippen molar-refractivity contribution < 1.29 is 18.7 Å². The van der Waals surface area contributed by atoms with Gasteiger partial charge in [-0.25, -0.2) is 9.18 Å². The third-order valence-electron chi connectivity index (χ3n) is 3.38. The molecule has 25 heavy (non-hydrogen) atoms. The van der Waals surface area contributed by atoms with E-state index in [0.29, 0.717) is 19.4 Å². The Labute approximate surface area is 153 Å². The first kappa shape index (κ1) is 21.0. The average molecular weight is 371 g/mol. The summed E-state index contributed by atoms with van der Waals surface area (Å²) >= 11 is 5.77. The van der Waals surface area contributed by atoms with Crippen LogP contribution in [0.1, 0.15) is 46.1 Å². The highest BCUT2D eigenvalue weighted by atomic mass is 35.5. The smallest absolute Gasteiger partial charge is 0.410 e. The summed E-state index contributed by atoms with van der Waals surface area (Å²) in [6, 6.07) is 4.25. The zero-order valence-electron chi connectivity index (χ0n) is 15.2. The van der Waals surface area contributed by atoms with Gasteiger partial charge in [0.15, 0.2) is 0 Å². The number of amides is 1. The highest BCUT2D eigenvalue weighted by Crippen LogP contribution is 2.27. The van der Waals surface area contributed by atoms with Gasteiger partial charge in [-0.3, -0.25) is 0 Å². The van der Waals surface area contributed by atoms with Crippen molar-refractivity contribution in [2.24, 2.45) is 0 Å². The lowest BCUT2D eigenvalue weighted by Crippen LogP contribution is -2.36. The fraction of sp³-hybridized carbons (Fsp3) is 0.556. The zero-order chi connectivity index (χ0) is 19.2. The monoisotopic (exact) mass is 370 g/mol. The lowest BCUT2D eigenvalue weighted by atomic mass is 10.1. The number of ether oxygens (including phenoxy) is 2. The predicted molar refractivity (Wildman–Crippen MR) is 94.3 cm³/mol. The highest BCUT2D eigenvalue weighted by Gasteiger charge is 2.21. The number of benzene rings is 1. The summed E-state index contributed by atoms with van der Waals surface area (Å²) in [6.07, 6.45) is 0.525. The number of nitriles is 1. The summed E-state index contributed by atoms with van der Waals surface area (Å²) in [6.45, 7) is 7.76. The minimum Gasteiger partial charge on any atom is -0.489 e. The fourth-order valence-electron chi connectivity index (χ4n) is 2.01. The molecule has 1 amide bonds. The first-order chi connectivity index (χ1) is 11.6. The molecule has 0 saturated heterocycles. The third-order valence-corrected chi connectivity index (χ3v) is 3.67. The molecule has 7 heteroatoms. The van der Waals surface area contributed by atoms with Gasteiger partial charge in [0.2, 0.25) is 0 Å². The standard InChI is InChI=1S/C18H24ClFN2O3/c1-6-13(7-8-22(5)17(23)25-18(2,3)4)24-16-10-14(19)15(20)9-12(16)11-21/h9-10,13H,6-8H2,1-5H3. The van der Waals surface area contributed by atoms with Gasteiger partial charge in [-0.05, 0) is 33.3 Å². The molecule has 0 aliphatic rings. The molecule has 0 aromatic heterocycles. The maximum atomic E-state index is 13.4. The molecule has 0 spiro atoms. The van der Waals surface area contributed by atoms with Gasteiger partial charge in [0, 0.05) is 26.1 Å². The van der Waals surface area contributed by atoms with Crippen molar-refractivity contribution in [2.75, 3.05) is 13.6 Å². The number of hydrogen-bond donors (Lipinski definition) is 0. The predicted octanol–water partition coefficient (Wildman–Crippen LogP) is 4.77. The van der Waals surface area contributed by atoms with E-state index < -0.39 is 17.5 Å². The van der Waals surface area contributed by atoms with Crippen molar-refractivity contribution in [3.63, 3.8) is 0 Å². The Hall–Kier alpha value is -2.00. The molecule has 0 N–H and O–H groups in total. The van der Waals surface area contributed by atoms with Crippen LogP contribution in [0, 0.1) is 17.1 Å². The number of halogens is 2. The van der Waals surface area contributed by atoms with Gasteiger partial charge >= 0.3 is 6.09 Å². The highest BCUT2D eigenvalue weighted by molar-refractivity contribution is 6.30. The lowest BCUT2D eigenvalue weighted by Gasteiger charge is -2.26. The number of hydrogen-bond acceptors (Lipinski definition) is 4. The van der Waals surface area contributed by atoms with E-state index in [0.717, 1.165) is 6.07 Å². The molecule has 0 saturated carbocycles. The molecule has 5 nitrogen and oxygen atoms in total. The maximum Gasteiger partial charge on any atom is 0.410 e. The fourth-order valence-corrected chi connectivity index (χ4v) is 2.16. The molecule has 0 aliphatic carbocycles. The quantitative estimate of drug-likeness (QED) is 0.723. The number of carbonyl (C=O) groups excluding carboxylic acids is 1. The second-order valence-electron chi connectivity index (χ2n) is 6.71. The average Bonchev–Trinajstić information content (AvgIpc) is 2.52. The van der Waals surface area contributed by atoms with E-state index in [1.54, 1.807) is 27.8 Å². The van der Waals surface area contributed by atoms with Crippen LogP contribution in [0.4, 0.5) is 9.18 Å². The minimum absolute atomic E-state index is 0.0841. The van der Waals surface area contributed by atoms with Crippen LogP contribution >= 0.6 is 11.6 Å². The lowest BCUT2D eigenvalue weighted by molar-refractivity contribution is 0.0278. The summed E-state index contributed by atoms with van der Waals surface area (Å²) in [5.41, 5.74) is -0.473. The maximum absolute atomic E-state index is 13.4. The van der Waals surface area contributed by atoms with Crippen molar-refractivity contribution in [1.29, 1.82) is 5.26 Å². The topological polar surface area (TPSA) is 62.6 Å². The van der Waals surface area contributed by atoms with Crippen molar-refractivity contribution in [3.05, 3.63) is 28.5 Å². The van der Waals surface area contributed by atoms with E-state index in [1.807, 2.05) is 13.0 Å². The van der Waals surface area contributed by atoms with Crippen LogP contribution in [0.2, 0.25) is 5.02 Å². The Morgan fingerprint density at radius 1 is 1.44 bits per heavy atom. The van der Waals surface area contributed by atoms with Crippen LogP contribution in [-0.2, 0) is 4.74 Å². The van der Waals surface area contributed by atoms with Crippen molar-refractivity contribution in [2.45, 2.75) is 52.2 Å². The molecule has 1 aromatic rings. The van der Waals surface area contributed by atoms with Crippen LogP contribution in [-0.4, -0.2) is 36.3 Å². The molecule has 1 rings (SSSR count). The van der Waals surface area contributed by atoms with Gasteiger partial charge in [-0.15, -0.1) is 0 Å². The molecule has 0 bridgehead atoms. The molecule has 138 valence electrons. The van der Waals surface area contributed by atoms with Gasteiger partial charge in [0.1, 0.15) is 29.3 Å². The van der Waals surface area contributed by atoms with Gasteiger partial charge in [0.05, 0.1) is 10.6 Å². The van der Waals surface area contributed by atoms with Gasteiger partial charge < -0.3 is 14.4 Å². The Morgan fingerprint density at radius 2 is 2.08 bits per heavy atom. The molecular weight excluding hydrogens is 347 g/mol. The molecule has 0 radical (unpaired) electrons. The van der Waals surface area contributed by atoms with Crippen molar-refractivity contribution in [3.8, 4) is 11.8 Å². The third kappa shape index (κ3) is 6.79. The second-order valence-corrected chi connectivity index (χ2v) is 7.12. The van der Waals surface area contributed by atoms with E-state index in [1.165, 1.54) is 11.0 Å². The SMILES string of the molecule is CCC(CCN(C)C(=O)OC(C)(C)C)Oc1cc(Cl)c(F)cc1C#N. The summed E-state index contributed by atoms with van der Waals surface area (Å²) < 4.78 is 24.5. The van der Waals surface area contributed by atoms with Gasteiger partial charge in [0.25, 0.3) is 0 Å². The number of rotatable bonds is 6. The van der Waals surface area contributed by atoms with E-state index in [2.05, 4.69) is 0 Å². The Morgan fingerprint density at radius 3 is 2.60 bits per heavy atom. The van der Waals surface area contributed by atoms with E-state index in [4.69, 9.17) is 26.3 Å². The van der Waals surface area contributed by atoms with E-state index >= 15 is 0 Å². The molecular formula is C18H24ClFN2O3. The van der Waals surface area contributed by atoms with Gasteiger partial charge in [-0.2, -0.15) is 5.26 Å². The molecule has 1 atom stereocenters.